The van der Waals surface area contributed by atoms with E-state index in [-0.39, 0.29) is 22.4 Å². The van der Waals surface area contributed by atoms with Crippen molar-refractivity contribution in [2.24, 2.45) is 0 Å². The molecular weight excluding hydrogens is 432 g/mol. The first-order valence-electron chi connectivity index (χ1n) is 9.70. The molecule has 0 unspecified atom stereocenters. The molecule has 0 aliphatic rings. The third kappa shape index (κ3) is 4.70. The maximum atomic E-state index is 12.3. The molecule has 162 valence electrons. The molecule has 1 aromatic heterocycles. The highest BCUT2D eigenvalue weighted by Crippen LogP contribution is 2.31. The van der Waals surface area contributed by atoms with Gasteiger partial charge in [-0.1, -0.05) is 48.2 Å². The summed E-state index contributed by atoms with van der Waals surface area (Å²) in [5, 5.41) is 24.2. The van der Waals surface area contributed by atoms with Crippen LogP contribution in [0.15, 0.2) is 70.3 Å². The largest absolute Gasteiger partial charge is 0.494 e. The number of nitrogens with one attached hydrogen (secondary N) is 1. The third-order valence-corrected chi connectivity index (χ3v) is 5.32. The number of rotatable bonds is 8. The van der Waals surface area contributed by atoms with E-state index in [4.69, 9.17) is 9.15 Å². The van der Waals surface area contributed by atoms with Gasteiger partial charge in [0.2, 0.25) is 11.8 Å². The molecule has 4 rings (SSSR count). The van der Waals surface area contributed by atoms with E-state index in [1.807, 2.05) is 42.5 Å². The summed E-state index contributed by atoms with van der Waals surface area (Å²) in [4.78, 5) is 23.1. The van der Waals surface area contributed by atoms with Crippen molar-refractivity contribution < 1.29 is 18.9 Å². The highest BCUT2D eigenvalue weighted by atomic mass is 32.2. The van der Waals surface area contributed by atoms with Gasteiger partial charge in [-0.3, -0.25) is 14.9 Å². The summed E-state index contributed by atoms with van der Waals surface area (Å²) in [6.07, 6.45) is 0. The Hall–Kier alpha value is -3.92. The molecule has 9 nitrogen and oxygen atoms in total. The Labute approximate surface area is 186 Å². The van der Waals surface area contributed by atoms with Crippen molar-refractivity contribution in [2.45, 2.75) is 12.1 Å². The van der Waals surface area contributed by atoms with Crippen LogP contribution in [0.25, 0.3) is 22.2 Å². The van der Waals surface area contributed by atoms with Crippen LogP contribution in [0.1, 0.15) is 6.92 Å². The number of nitro benzene ring substituents is 1. The van der Waals surface area contributed by atoms with Crippen molar-refractivity contribution >= 4 is 39.8 Å². The number of anilines is 1. The van der Waals surface area contributed by atoms with Gasteiger partial charge in [-0.05, 0) is 35.9 Å². The number of amides is 1. The number of thioether (sulfide) groups is 1. The van der Waals surface area contributed by atoms with Gasteiger partial charge >= 0.3 is 0 Å². The number of ether oxygens (including phenoxy) is 1. The monoisotopic (exact) mass is 450 g/mol. The molecule has 0 atom stereocenters. The van der Waals surface area contributed by atoms with Crippen LogP contribution in [0.2, 0.25) is 0 Å². The molecule has 1 heterocycles. The Bertz CT molecular complexity index is 1290. The fraction of sp³-hybridized carbons (Fsp3) is 0.136. The van der Waals surface area contributed by atoms with Crippen molar-refractivity contribution in [2.75, 3.05) is 17.7 Å². The van der Waals surface area contributed by atoms with Gasteiger partial charge in [-0.25, -0.2) is 0 Å². The lowest BCUT2D eigenvalue weighted by Crippen LogP contribution is -2.15. The standard InChI is InChI=1S/C22H18N4O5S/c1-2-30-15-10-11-18(19(12-15)26(28)29)23-20(27)13-32-22-25-24-21(31-22)17-9-5-7-14-6-3-4-8-16(14)17/h3-12H,2,13H2,1H3,(H,23,27). The van der Waals surface area contributed by atoms with Crippen molar-refractivity contribution in [1.29, 1.82) is 0 Å². The average molecular weight is 450 g/mol. The molecule has 0 saturated heterocycles. The van der Waals surface area contributed by atoms with Crippen molar-refractivity contribution in [3.8, 4) is 17.2 Å². The van der Waals surface area contributed by atoms with Crippen LogP contribution < -0.4 is 10.1 Å². The van der Waals surface area contributed by atoms with E-state index in [1.54, 1.807) is 13.0 Å². The van der Waals surface area contributed by atoms with Crippen molar-refractivity contribution in [3.05, 3.63) is 70.8 Å². The van der Waals surface area contributed by atoms with Gasteiger partial charge in [0.1, 0.15) is 11.4 Å². The van der Waals surface area contributed by atoms with E-state index in [0.29, 0.717) is 18.2 Å². The zero-order valence-electron chi connectivity index (χ0n) is 17.0. The Balaban J connectivity index is 1.43. The molecular formula is C22H18N4O5S. The maximum Gasteiger partial charge on any atom is 0.296 e. The number of carbonyl (C=O) groups is 1. The maximum absolute atomic E-state index is 12.3. The lowest BCUT2D eigenvalue weighted by molar-refractivity contribution is -0.384. The number of fused-ring (bicyclic) bond motifs is 1. The Kier molecular flexibility index (Phi) is 6.31. The van der Waals surface area contributed by atoms with Gasteiger partial charge in [-0.2, -0.15) is 0 Å². The third-order valence-electron chi connectivity index (χ3n) is 4.50. The molecule has 0 aliphatic carbocycles. The Morgan fingerprint density at radius 2 is 1.97 bits per heavy atom. The first kappa shape index (κ1) is 21.3. The number of hydrogen-bond donors (Lipinski definition) is 1. The van der Waals surface area contributed by atoms with Crippen LogP contribution in [0.3, 0.4) is 0 Å². The molecule has 1 N–H and O–H groups in total. The van der Waals surface area contributed by atoms with E-state index >= 15 is 0 Å². The molecule has 32 heavy (non-hydrogen) atoms. The van der Waals surface area contributed by atoms with Gasteiger partial charge < -0.3 is 14.5 Å². The lowest BCUT2D eigenvalue weighted by atomic mass is 10.0. The van der Waals surface area contributed by atoms with Gasteiger partial charge in [0.15, 0.2) is 0 Å². The summed E-state index contributed by atoms with van der Waals surface area (Å²) >= 11 is 1.05. The van der Waals surface area contributed by atoms with Crippen LogP contribution in [0, 0.1) is 10.1 Å². The zero-order chi connectivity index (χ0) is 22.5. The van der Waals surface area contributed by atoms with E-state index in [0.717, 1.165) is 28.1 Å². The molecule has 1 amide bonds. The predicted octanol–water partition coefficient (Wildman–Crippen LogP) is 4.93. The average Bonchev–Trinajstić information content (AvgIpc) is 3.27. The van der Waals surface area contributed by atoms with E-state index in [2.05, 4.69) is 15.5 Å². The second-order valence-electron chi connectivity index (χ2n) is 6.61. The topological polar surface area (TPSA) is 120 Å². The minimum absolute atomic E-state index is 0.0540. The number of hydrogen-bond acceptors (Lipinski definition) is 8. The first-order chi connectivity index (χ1) is 15.5. The van der Waals surface area contributed by atoms with Gasteiger partial charge in [-0.15, -0.1) is 10.2 Å². The van der Waals surface area contributed by atoms with Gasteiger partial charge in [0, 0.05) is 5.56 Å². The minimum Gasteiger partial charge on any atom is -0.494 e. The first-order valence-corrected chi connectivity index (χ1v) is 10.7. The summed E-state index contributed by atoms with van der Waals surface area (Å²) in [6.45, 7) is 2.16. The molecule has 0 fully saturated rings. The van der Waals surface area contributed by atoms with Gasteiger partial charge in [0.05, 0.1) is 23.3 Å². The molecule has 0 spiro atoms. The fourth-order valence-electron chi connectivity index (χ4n) is 3.13. The number of nitro groups is 1. The summed E-state index contributed by atoms with van der Waals surface area (Å²) < 4.78 is 11.0. The molecule has 0 bridgehead atoms. The van der Waals surface area contributed by atoms with Crippen LogP contribution in [-0.4, -0.2) is 33.4 Å². The van der Waals surface area contributed by atoms with Gasteiger partial charge in [0.25, 0.3) is 10.9 Å². The van der Waals surface area contributed by atoms with E-state index < -0.39 is 10.8 Å². The number of benzene rings is 3. The highest BCUT2D eigenvalue weighted by molar-refractivity contribution is 7.99. The Morgan fingerprint density at radius 1 is 1.16 bits per heavy atom. The van der Waals surface area contributed by atoms with Crippen LogP contribution in [0.5, 0.6) is 5.75 Å². The summed E-state index contributed by atoms with van der Waals surface area (Å²) in [5.74, 6) is 0.221. The Morgan fingerprint density at radius 3 is 2.78 bits per heavy atom. The van der Waals surface area contributed by atoms with Crippen molar-refractivity contribution in [1.82, 2.24) is 10.2 Å². The molecule has 4 aromatic rings. The summed E-state index contributed by atoms with van der Waals surface area (Å²) in [5.41, 5.74) is 0.647. The molecule has 0 radical (unpaired) electrons. The van der Waals surface area contributed by atoms with Crippen molar-refractivity contribution in [3.63, 3.8) is 0 Å². The van der Waals surface area contributed by atoms with E-state index in [9.17, 15) is 14.9 Å². The quantitative estimate of drug-likeness (QED) is 0.228. The lowest BCUT2D eigenvalue weighted by Gasteiger charge is -2.07. The second-order valence-corrected chi connectivity index (χ2v) is 7.53. The molecule has 3 aromatic carbocycles. The smallest absolute Gasteiger partial charge is 0.296 e. The van der Waals surface area contributed by atoms with Crippen LogP contribution in [-0.2, 0) is 4.79 Å². The highest BCUT2D eigenvalue weighted by Gasteiger charge is 2.18. The number of carbonyl (C=O) groups excluding carboxylic acids is 1. The second kappa shape index (κ2) is 9.48. The minimum atomic E-state index is -0.570. The molecule has 0 saturated carbocycles. The zero-order valence-corrected chi connectivity index (χ0v) is 17.8. The predicted molar refractivity (Wildman–Crippen MR) is 121 cm³/mol. The molecule has 0 aliphatic heterocycles. The molecule has 10 heteroatoms. The van der Waals surface area contributed by atoms with Crippen LogP contribution in [0.4, 0.5) is 11.4 Å². The normalized spacial score (nSPS) is 10.8. The van der Waals surface area contributed by atoms with Crippen LogP contribution >= 0.6 is 11.8 Å². The van der Waals surface area contributed by atoms with E-state index in [1.165, 1.54) is 12.1 Å². The summed E-state index contributed by atoms with van der Waals surface area (Å²) in [7, 11) is 0. The number of aromatic nitrogens is 2. The summed E-state index contributed by atoms with van der Waals surface area (Å²) in [6, 6.07) is 17.9. The SMILES string of the molecule is CCOc1ccc(NC(=O)CSc2nnc(-c3cccc4ccccc34)o2)c([N+](=O)[O-])c1. The fourth-order valence-corrected chi connectivity index (χ4v) is 3.69. The number of nitrogens with zero attached hydrogens (tertiary/aromatic N) is 3.